The van der Waals surface area contributed by atoms with Gasteiger partial charge in [0.2, 0.25) is 5.82 Å². The highest BCUT2D eigenvalue weighted by Crippen LogP contribution is 2.29. The fraction of sp³-hybridized carbons (Fsp3) is 0.211. The summed E-state index contributed by atoms with van der Waals surface area (Å²) in [5.41, 5.74) is 7.52. The molecule has 12 heteroatoms. The molecule has 0 saturated heterocycles. The summed E-state index contributed by atoms with van der Waals surface area (Å²) in [5, 5.41) is 5.91. The van der Waals surface area contributed by atoms with Crippen molar-refractivity contribution in [2.24, 2.45) is 5.73 Å². The number of nitrogens with two attached hydrogens (primary N) is 1. The van der Waals surface area contributed by atoms with Gasteiger partial charge in [-0.15, -0.1) is 0 Å². The van der Waals surface area contributed by atoms with E-state index in [1.165, 1.54) is 18.3 Å². The Morgan fingerprint density at radius 1 is 1.23 bits per heavy atom. The third-order valence-electron chi connectivity index (χ3n) is 4.14. The van der Waals surface area contributed by atoms with Crippen LogP contribution in [0.5, 0.6) is 0 Å². The van der Waals surface area contributed by atoms with Crippen LogP contribution in [0.2, 0.25) is 0 Å². The molecular weight excluding hydrogens is 419 g/mol. The molecule has 2 amide bonds. The molecule has 0 bridgehead atoms. The number of pyridine rings is 1. The van der Waals surface area contributed by atoms with Crippen molar-refractivity contribution >= 4 is 12.0 Å². The minimum atomic E-state index is -4.72. The topological polar surface area (TPSA) is 133 Å². The molecule has 0 saturated carbocycles. The average Bonchev–Trinajstić information content (AvgIpc) is 3.22. The standard InChI is InChI=1S/C19H16F3N5O4/c1-10-6-12(16-26-17(31-27-16)19(20,21)22)3-4-13(10)8-25-18(29)30-9-11-2-5-14(15(23)28)24-7-11/h2-7H,8-9H2,1H3,(H2,23,28)(H,25,29). The van der Waals surface area contributed by atoms with Crippen LogP contribution in [-0.2, 0) is 24.1 Å². The maximum atomic E-state index is 12.6. The van der Waals surface area contributed by atoms with Crippen molar-refractivity contribution in [2.45, 2.75) is 26.3 Å². The number of alkyl carbamates (subject to hydrolysis) is 1. The van der Waals surface area contributed by atoms with E-state index in [0.717, 1.165) is 0 Å². The molecule has 9 nitrogen and oxygen atoms in total. The summed E-state index contributed by atoms with van der Waals surface area (Å²) < 4.78 is 47.1. The molecule has 0 atom stereocenters. The second-order valence-electron chi connectivity index (χ2n) is 6.41. The first-order valence-electron chi connectivity index (χ1n) is 8.79. The Labute approximate surface area is 173 Å². The predicted octanol–water partition coefficient (Wildman–Crippen LogP) is 2.98. The van der Waals surface area contributed by atoms with Crippen LogP contribution in [0.25, 0.3) is 11.4 Å². The van der Waals surface area contributed by atoms with Gasteiger partial charge in [0, 0.05) is 23.9 Å². The van der Waals surface area contributed by atoms with Crippen LogP contribution in [0, 0.1) is 6.92 Å². The first kappa shape index (κ1) is 21.7. The number of aromatic nitrogens is 3. The third-order valence-corrected chi connectivity index (χ3v) is 4.14. The quantitative estimate of drug-likeness (QED) is 0.608. The number of primary amides is 1. The monoisotopic (exact) mass is 435 g/mol. The zero-order valence-electron chi connectivity index (χ0n) is 16.1. The van der Waals surface area contributed by atoms with Gasteiger partial charge in [-0.1, -0.05) is 23.4 Å². The summed E-state index contributed by atoms with van der Waals surface area (Å²) >= 11 is 0. The molecule has 31 heavy (non-hydrogen) atoms. The van der Waals surface area contributed by atoms with E-state index in [1.807, 2.05) is 0 Å². The second kappa shape index (κ2) is 8.81. The number of nitrogens with zero attached hydrogens (tertiary/aromatic N) is 3. The van der Waals surface area contributed by atoms with Crippen molar-refractivity contribution in [1.29, 1.82) is 0 Å². The number of ether oxygens (including phenoxy) is 1. The number of amides is 2. The van der Waals surface area contributed by atoms with Crippen molar-refractivity contribution in [1.82, 2.24) is 20.4 Å². The number of carbonyl (C=O) groups excluding carboxylic acids is 2. The van der Waals surface area contributed by atoms with Gasteiger partial charge in [0.15, 0.2) is 0 Å². The molecular formula is C19H16F3N5O4. The fourth-order valence-electron chi connectivity index (χ4n) is 2.51. The van der Waals surface area contributed by atoms with Gasteiger partial charge in [0.05, 0.1) is 0 Å². The van der Waals surface area contributed by atoms with Gasteiger partial charge in [-0.05, 0) is 30.2 Å². The summed E-state index contributed by atoms with van der Waals surface area (Å²) in [6.07, 6.45) is -4.03. The number of halogens is 3. The fourth-order valence-corrected chi connectivity index (χ4v) is 2.51. The highest BCUT2D eigenvalue weighted by molar-refractivity contribution is 5.90. The molecule has 0 spiro atoms. The predicted molar refractivity (Wildman–Crippen MR) is 99.3 cm³/mol. The summed E-state index contributed by atoms with van der Waals surface area (Å²) in [7, 11) is 0. The molecule has 0 fully saturated rings. The van der Waals surface area contributed by atoms with Crippen LogP contribution in [0.15, 0.2) is 41.1 Å². The van der Waals surface area contributed by atoms with E-state index in [1.54, 1.807) is 25.1 Å². The van der Waals surface area contributed by atoms with Crippen molar-refractivity contribution in [3.8, 4) is 11.4 Å². The Balaban J connectivity index is 1.55. The largest absolute Gasteiger partial charge is 0.471 e. The smallest absolute Gasteiger partial charge is 0.445 e. The van der Waals surface area contributed by atoms with E-state index >= 15 is 0 Å². The van der Waals surface area contributed by atoms with Crippen LogP contribution in [0.4, 0.5) is 18.0 Å². The summed E-state index contributed by atoms with van der Waals surface area (Å²) in [4.78, 5) is 30.1. The number of alkyl halides is 3. The normalized spacial score (nSPS) is 11.2. The molecule has 2 aromatic heterocycles. The van der Waals surface area contributed by atoms with Crippen LogP contribution in [0.3, 0.4) is 0 Å². The number of hydrogen-bond acceptors (Lipinski definition) is 7. The highest BCUT2D eigenvalue weighted by atomic mass is 19.4. The lowest BCUT2D eigenvalue weighted by atomic mass is 10.0. The molecule has 0 radical (unpaired) electrons. The number of hydrogen-bond donors (Lipinski definition) is 2. The first-order valence-corrected chi connectivity index (χ1v) is 8.79. The lowest BCUT2D eigenvalue weighted by Gasteiger charge is -2.10. The summed E-state index contributed by atoms with van der Waals surface area (Å²) in [5.74, 6) is -2.27. The maximum Gasteiger partial charge on any atom is 0.471 e. The second-order valence-corrected chi connectivity index (χ2v) is 6.41. The van der Waals surface area contributed by atoms with E-state index in [0.29, 0.717) is 22.3 Å². The molecule has 162 valence electrons. The van der Waals surface area contributed by atoms with Crippen molar-refractivity contribution < 1.29 is 32.0 Å². The molecule has 3 rings (SSSR count). The average molecular weight is 435 g/mol. The third kappa shape index (κ3) is 5.56. The van der Waals surface area contributed by atoms with E-state index in [-0.39, 0.29) is 24.7 Å². The lowest BCUT2D eigenvalue weighted by Crippen LogP contribution is -2.24. The maximum absolute atomic E-state index is 12.6. The highest BCUT2D eigenvalue weighted by Gasteiger charge is 2.38. The zero-order valence-corrected chi connectivity index (χ0v) is 16.1. The lowest BCUT2D eigenvalue weighted by molar-refractivity contribution is -0.159. The Morgan fingerprint density at radius 3 is 2.58 bits per heavy atom. The van der Waals surface area contributed by atoms with E-state index in [4.69, 9.17) is 10.5 Å². The van der Waals surface area contributed by atoms with Gasteiger partial charge in [-0.2, -0.15) is 18.2 Å². The van der Waals surface area contributed by atoms with Crippen LogP contribution in [-0.4, -0.2) is 27.1 Å². The Kier molecular flexibility index (Phi) is 6.18. The van der Waals surface area contributed by atoms with E-state index < -0.39 is 24.1 Å². The number of rotatable bonds is 6. The number of benzene rings is 1. The molecule has 0 unspecified atom stereocenters. The van der Waals surface area contributed by atoms with Crippen LogP contribution >= 0.6 is 0 Å². The molecule has 0 aliphatic rings. The minimum absolute atomic E-state index is 0.0604. The number of nitrogens with one attached hydrogen (secondary N) is 1. The summed E-state index contributed by atoms with van der Waals surface area (Å²) in [6.45, 7) is 1.79. The molecule has 3 aromatic rings. The van der Waals surface area contributed by atoms with E-state index in [2.05, 4.69) is 25.0 Å². The minimum Gasteiger partial charge on any atom is -0.445 e. The molecule has 0 aliphatic carbocycles. The summed E-state index contributed by atoms with van der Waals surface area (Å²) in [6, 6.07) is 7.71. The van der Waals surface area contributed by atoms with Gasteiger partial charge < -0.3 is 20.3 Å². The van der Waals surface area contributed by atoms with Crippen molar-refractivity contribution in [3.63, 3.8) is 0 Å². The van der Waals surface area contributed by atoms with Gasteiger partial charge in [-0.3, -0.25) is 9.78 Å². The SMILES string of the molecule is Cc1cc(-c2noc(C(F)(F)F)n2)ccc1CNC(=O)OCc1ccc(C(N)=O)nc1. The van der Waals surface area contributed by atoms with Gasteiger partial charge >= 0.3 is 18.2 Å². The van der Waals surface area contributed by atoms with Crippen molar-refractivity contribution in [2.75, 3.05) is 0 Å². The van der Waals surface area contributed by atoms with Gasteiger partial charge in [0.25, 0.3) is 5.91 Å². The molecule has 3 N–H and O–H groups in total. The molecule has 0 aliphatic heterocycles. The van der Waals surface area contributed by atoms with Gasteiger partial charge in [-0.25, -0.2) is 4.79 Å². The molecule has 1 aromatic carbocycles. The zero-order chi connectivity index (χ0) is 22.6. The first-order chi connectivity index (χ1) is 14.6. The Morgan fingerprint density at radius 2 is 2.00 bits per heavy atom. The molecule has 2 heterocycles. The number of carbonyl (C=O) groups is 2. The van der Waals surface area contributed by atoms with Crippen molar-refractivity contribution in [3.05, 3.63) is 64.8 Å². The van der Waals surface area contributed by atoms with Gasteiger partial charge in [0.1, 0.15) is 12.3 Å². The van der Waals surface area contributed by atoms with Crippen LogP contribution in [0.1, 0.15) is 33.1 Å². The number of aryl methyl sites for hydroxylation is 1. The van der Waals surface area contributed by atoms with E-state index in [9.17, 15) is 22.8 Å². The Hall–Kier alpha value is -3.96. The Bertz CT molecular complexity index is 1100. The van der Waals surface area contributed by atoms with Crippen LogP contribution < -0.4 is 11.1 Å².